The van der Waals surface area contributed by atoms with Gasteiger partial charge in [0.1, 0.15) is 5.25 Å². The quantitative estimate of drug-likeness (QED) is 0.887. The van der Waals surface area contributed by atoms with Gasteiger partial charge in [0.25, 0.3) is 0 Å². The molecule has 1 saturated heterocycles. The van der Waals surface area contributed by atoms with Crippen molar-refractivity contribution in [1.82, 2.24) is 5.32 Å². The van der Waals surface area contributed by atoms with Gasteiger partial charge in [0.05, 0.1) is 12.4 Å². The molecular weight excluding hydrogens is 262 g/mol. The molecule has 1 aromatic rings. The third-order valence-electron chi connectivity index (χ3n) is 3.44. The number of rotatable bonds is 5. The molecule has 2 rings (SSSR count). The second kappa shape index (κ2) is 6.50. The predicted molar refractivity (Wildman–Crippen MR) is 75.8 cm³/mol. The van der Waals surface area contributed by atoms with Crippen LogP contribution in [0.3, 0.4) is 0 Å². The fourth-order valence-corrected chi connectivity index (χ4v) is 4.38. The zero-order valence-electron chi connectivity index (χ0n) is 11.2. The van der Waals surface area contributed by atoms with Crippen LogP contribution < -0.4 is 5.32 Å². The van der Waals surface area contributed by atoms with E-state index in [1.165, 1.54) is 0 Å². The van der Waals surface area contributed by atoms with E-state index in [-0.39, 0.29) is 11.8 Å². The molecule has 0 aromatic heterocycles. The third-order valence-corrected chi connectivity index (χ3v) is 5.57. The zero-order chi connectivity index (χ0) is 13.7. The van der Waals surface area contributed by atoms with Crippen molar-refractivity contribution in [3.63, 3.8) is 0 Å². The molecule has 1 N–H and O–H groups in total. The Labute approximate surface area is 115 Å². The molecule has 1 aliphatic rings. The molecule has 0 radical (unpaired) electrons. The van der Waals surface area contributed by atoms with Crippen molar-refractivity contribution < 1.29 is 13.2 Å². The summed E-state index contributed by atoms with van der Waals surface area (Å²) in [5.74, 6) is 0.0871. The Kier molecular flexibility index (Phi) is 4.96. The monoisotopic (exact) mass is 283 g/mol. The summed E-state index contributed by atoms with van der Waals surface area (Å²) in [7, 11) is -3.20. The van der Waals surface area contributed by atoms with Crippen molar-refractivity contribution in [2.24, 2.45) is 0 Å². The first-order valence-corrected chi connectivity index (χ1v) is 8.41. The highest BCUT2D eigenvalue weighted by molar-refractivity contribution is 7.91. The maximum Gasteiger partial charge on any atom is 0.161 e. The highest BCUT2D eigenvalue weighted by Crippen LogP contribution is 2.20. The molecule has 0 spiro atoms. The van der Waals surface area contributed by atoms with E-state index < -0.39 is 15.1 Å². The average molecular weight is 283 g/mol. The van der Waals surface area contributed by atoms with Gasteiger partial charge in [0, 0.05) is 12.6 Å². The van der Waals surface area contributed by atoms with Crippen LogP contribution >= 0.6 is 0 Å². The standard InChI is InChI=1S/C14H21NO3S/c1-2-15-13-8-9-18-10-14(13)19(16,17)11-12-6-4-3-5-7-12/h3-7,13-15H,2,8-11H2,1H3. The molecule has 5 heteroatoms. The summed E-state index contributed by atoms with van der Waals surface area (Å²) in [5, 5.41) is 2.82. The van der Waals surface area contributed by atoms with E-state index in [1.807, 2.05) is 37.3 Å². The maximum absolute atomic E-state index is 12.5. The van der Waals surface area contributed by atoms with Crippen molar-refractivity contribution in [1.29, 1.82) is 0 Å². The highest BCUT2D eigenvalue weighted by atomic mass is 32.2. The van der Waals surface area contributed by atoms with Crippen LogP contribution in [0.1, 0.15) is 18.9 Å². The van der Waals surface area contributed by atoms with E-state index in [0.717, 1.165) is 18.5 Å². The fourth-order valence-electron chi connectivity index (χ4n) is 2.48. The van der Waals surface area contributed by atoms with Gasteiger partial charge in [-0.15, -0.1) is 0 Å². The van der Waals surface area contributed by atoms with Crippen LogP contribution in [0.4, 0.5) is 0 Å². The Morgan fingerprint density at radius 1 is 1.32 bits per heavy atom. The molecule has 0 aliphatic carbocycles. The molecule has 4 nitrogen and oxygen atoms in total. The van der Waals surface area contributed by atoms with E-state index in [0.29, 0.717) is 13.2 Å². The van der Waals surface area contributed by atoms with Crippen LogP contribution in [0.25, 0.3) is 0 Å². The molecule has 2 unspecified atom stereocenters. The van der Waals surface area contributed by atoms with Crippen molar-refractivity contribution in [2.75, 3.05) is 19.8 Å². The first-order valence-electron chi connectivity index (χ1n) is 6.70. The SMILES string of the molecule is CCNC1CCOCC1S(=O)(=O)Cc1ccccc1. The van der Waals surface area contributed by atoms with Crippen LogP contribution in [0.15, 0.2) is 30.3 Å². The van der Waals surface area contributed by atoms with E-state index in [1.54, 1.807) is 0 Å². The second-order valence-electron chi connectivity index (χ2n) is 4.86. The number of hydrogen-bond acceptors (Lipinski definition) is 4. The van der Waals surface area contributed by atoms with Crippen molar-refractivity contribution in [2.45, 2.75) is 30.4 Å². The maximum atomic E-state index is 12.5. The molecule has 106 valence electrons. The van der Waals surface area contributed by atoms with Crippen molar-refractivity contribution in [3.8, 4) is 0 Å². The molecule has 1 fully saturated rings. The predicted octanol–water partition coefficient (Wildman–Crippen LogP) is 1.37. The average Bonchev–Trinajstić information content (AvgIpc) is 2.40. The summed E-state index contributed by atoms with van der Waals surface area (Å²) in [6.45, 7) is 3.71. The molecule has 0 amide bonds. The largest absolute Gasteiger partial charge is 0.380 e. The Bertz CT molecular complexity index is 485. The molecule has 19 heavy (non-hydrogen) atoms. The Balaban J connectivity index is 2.13. The first-order chi connectivity index (χ1) is 9.13. The van der Waals surface area contributed by atoms with Gasteiger partial charge in [-0.1, -0.05) is 37.3 Å². The summed E-state index contributed by atoms with van der Waals surface area (Å²) < 4.78 is 30.4. The lowest BCUT2D eigenvalue weighted by molar-refractivity contribution is 0.0811. The second-order valence-corrected chi connectivity index (χ2v) is 7.08. The topological polar surface area (TPSA) is 55.4 Å². The van der Waals surface area contributed by atoms with Gasteiger partial charge >= 0.3 is 0 Å². The van der Waals surface area contributed by atoms with Crippen molar-refractivity contribution >= 4 is 9.84 Å². The van der Waals surface area contributed by atoms with Crippen LogP contribution in [-0.4, -0.2) is 39.5 Å². The van der Waals surface area contributed by atoms with Gasteiger partial charge in [0.2, 0.25) is 0 Å². The molecule has 2 atom stereocenters. The van der Waals surface area contributed by atoms with E-state index in [2.05, 4.69) is 5.32 Å². The van der Waals surface area contributed by atoms with Gasteiger partial charge in [-0.3, -0.25) is 0 Å². The molecule has 1 aliphatic heterocycles. The number of ether oxygens (including phenoxy) is 1. The first kappa shape index (κ1) is 14.5. The number of benzene rings is 1. The minimum absolute atomic E-state index is 0.00691. The van der Waals surface area contributed by atoms with E-state index in [4.69, 9.17) is 4.74 Å². The molecule has 1 aromatic carbocycles. The van der Waals surface area contributed by atoms with Crippen LogP contribution in [0, 0.1) is 0 Å². The summed E-state index contributed by atoms with van der Waals surface area (Å²) >= 11 is 0. The molecular formula is C14H21NO3S. The fraction of sp³-hybridized carbons (Fsp3) is 0.571. The minimum Gasteiger partial charge on any atom is -0.380 e. The summed E-state index contributed by atoms with van der Waals surface area (Å²) in [6.07, 6.45) is 0.756. The number of nitrogens with one attached hydrogen (secondary N) is 1. The molecule has 1 heterocycles. The Morgan fingerprint density at radius 2 is 2.05 bits per heavy atom. The van der Waals surface area contributed by atoms with Gasteiger partial charge in [-0.05, 0) is 18.5 Å². The van der Waals surface area contributed by atoms with Gasteiger partial charge < -0.3 is 10.1 Å². The Hall–Kier alpha value is -0.910. The highest BCUT2D eigenvalue weighted by Gasteiger charge is 2.35. The molecule has 0 bridgehead atoms. The van der Waals surface area contributed by atoms with E-state index >= 15 is 0 Å². The lowest BCUT2D eigenvalue weighted by Crippen LogP contribution is -2.50. The van der Waals surface area contributed by atoms with Gasteiger partial charge in [0.15, 0.2) is 9.84 Å². The summed E-state index contributed by atoms with van der Waals surface area (Å²) in [5.41, 5.74) is 0.836. The number of hydrogen-bond donors (Lipinski definition) is 1. The van der Waals surface area contributed by atoms with Crippen molar-refractivity contribution in [3.05, 3.63) is 35.9 Å². The summed E-state index contributed by atoms with van der Waals surface area (Å²) in [6, 6.07) is 9.33. The molecule has 0 saturated carbocycles. The smallest absolute Gasteiger partial charge is 0.161 e. The number of sulfone groups is 1. The Morgan fingerprint density at radius 3 is 2.74 bits per heavy atom. The van der Waals surface area contributed by atoms with E-state index in [9.17, 15) is 8.42 Å². The minimum atomic E-state index is -3.20. The lowest BCUT2D eigenvalue weighted by Gasteiger charge is -2.31. The third kappa shape index (κ3) is 3.78. The van der Waals surface area contributed by atoms with Crippen LogP contribution in [0.2, 0.25) is 0 Å². The zero-order valence-corrected chi connectivity index (χ0v) is 12.0. The van der Waals surface area contributed by atoms with Crippen LogP contribution in [0.5, 0.6) is 0 Å². The summed E-state index contributed by atoms with van der Waals surface area (Å²) in [4.78, 5) is 0. The normalized spacial score (nSPS) is 24.3. The van der Waals surface area contributed by atoms with Gasteiger partial charge in [-0.2, -0.15) is 0 Å². The lowest BCUT2D eigenvalue weighted by atomic mass is 10.1. The van der Waals surface area contributed by atoms with Gasteiger partial charge in [-0.25, -0.2) is 8.42 Å². The van der Waals surface area contributed by atoms with Crippen LogP contribution in [-0.2, 0) is 20.3 Å².